The van der Waals surface area contributed by atoms with Gasteiger partial charge >= 0.3 is 0 Å². The minimum Gasteiger partial charge on any atom is -0.272 e. The lowest BCUT2D eigenvalue weighted by Crippen LogP contribution is -2.25. The summed E-state index contributed by atoms with van der Waals surface area (Å²) in [6, 6.07) is 11.6. The Labute approximate surface area is 138 Å². The molecular formula is C16H16N4O2S. The standard InChI is InChI=1S/C16H16N4O2S/c1-11-14(8-17)16(19-12(2)18-11)23-10-15(21)20-22-9-13-6-4-3-5-7-13/h3-7H,9-10H2,1-2H3,(H,20,21). The van der Waals surface area contributed by atoms with Gasteiger partial charge in [-0.1, -0.05) is 42.1 Å². The van der Waals surface area contributed by atoms with Crippen molar-refractivity contribution < 1.29 is 9.63 Å². The van der Waals surface area contributed by atoms with Gasteiger partial charge in [0, 0.05) is 0 Å². The van der Waals surface area contributed by atoms with E-state index < -0.39 is 0 Å². The first-order chi connectivity index (χ1) is 11.1. The number of nitriles is 1. The van der Waals surface area contributed by atoms with Crippen molar-refractivity contribution in [3.63, 3.8) is 0 Å². The van der Waals surface area contributed by atoms with Crippen molar-refractivity contribution in [2.45, 2.75) is 25.5 Å². The van der Waals surface area contributed by atoms with Gasteiger partial charge in [-0.05, 0) is 19.4 Å². The smallest absolute Gasteiger partial charge is 0.253 e. The van der Waals surface area contributed by atoms with Gasteiger partial charge in [-0.25, -0.2) is 15.4 Å². The van der Waals surface area contributed by atoms with Gasteiger partial charge in [0.05, 0.1) is 18.1 Å². The minimum absolute atomic E-state index is 0.110. The fourth-order valence-electron chi connectivity index (χ4n) is 1.85. The Morgan fingerprint density at radius 1 is 1.30 bits per heavy atom. The molecule has 0 radical (unpaired) electrons. The SMILES string of the molecule is Cc1nc(C)c(C#N)c(SCC(=O)NOCc2ccccc2)n1. The molecule has 2 aromatic rings. The number of hydrogen-bond acceptors (Lipinski definition) is 6. The second kappa shape index (κ2) is 8.27. The average molecular weight is 328 g/mol. The summed E-state index contributed by atoms with van der Waals surface area (Å²) in [5.74, 6) is 0.396. The molecule has 1 heterocycles. The Kier molecular flexibility index (Phi) is 6.09. The number of rotatable bonds is 6. The number of hydroxylamine groups is 1. The number of carbonyl (C=O) groups is 1. The van der Waals surface area contributed by atoms with Crippen LogP contribution in [0, 0.1) is 25.2 Å². The van der Waals surface area contributed by atoms with E-state index in [2.05, 4.69) is 21.5 Å². The van der Waals surface area contributed by atoms with Gasteiger partial charge < -0.3 is 0 Å². The summed E-state index contributed by atoms with van der Waals surface area (Å²) >= 11 is 1.19. The maximum absolute atomic E-state index is 11.8. The van der Waals surface area contributed by atoms with E-state index in [0.29, 0.717) is 28.7 Å². The van der Waals surface area contributed by atoms with E-state index in [1.54, 1.807) is 13.8 Å². The number of nitrogens with one attached hydrogen (secondary N) is 1. The zero-order valence-corrected chi connectivity index (χ0v) is 13.7. The van der Waals surface area contributed by atoms with E-state index in [1.165, 1.54) is 11.8 Å². The summed E-state index contributed by atoms with van der Waals surface area (Å²) in [7, 11) is 0. The first kappa shape index (κ1) is 16.9. The molecule has 2 rings (SSSR count). The molecule has 0 aliphatic rings. The third-order valence-electron chi connectivity index (χ3n) is 2.89. The van der Waals surface area contributed by atoms with Crippen LogP contribution in [0.3, 0.4) is 0 Å². The second-order valence-electron chi connectivity index (χ2n) is 4.74. The van der Waals surface area contributed by atoms with Gasteiger partial charge in [0.25, 0.3) is 5.91 Å². The number of aryl methyl sites for hydroxylation is 2. The second-order valence-corrected chi connectivity index (χ2v) is 5.70. The van der Waals surface area contributed by atoms with Crippen LogP contribution >= 0.6 is 11.8 Å². The third-order valence-corrected chi connectivity index (χ3v) is 3.86. The molecule has 0 unspecified atom stereocenters. The van der Waals surface area contributed by atoms with Crippen LogP contribution in [-0.4, -0.2) is 21.6 Å². The molecule has 1 amide bonds. The maximum atomic E-state index is 11.8. The lowest BCUT2D eigenvalue weighted by molar-refractivity contribution is -0.131. The predicted octanol–water partition coefficient (Wildman–Crippen LogP) is 2.31. The van der Waals surface area contributed by atoms with Gasteiger partial charge in [-0.2, -0.15) is 5.26 Å². The maximum Gasteiger partial charge on any atom is 0.253 e. The Morgan fingerprint density at radius 3 is 2.74 bits per heavy atom. The van der Waals surface area contributed by atoms with Crippen molar-refractivity contribution in [3.8, 4) is 6.07 Å². The van der Waals surface area contributed by atoms with Crippen LogP contribution < -0.4 is 5.48 Å². The Balaban J connectivity index is 1.84. The lowest BCUT2D eigenvalue weighted by Gasteiger charge is -2.07. The van der Waals surface area contributed by atoms with Crippen molar-refractivity contribution in [2.24, 2.45) is 0 Å². The van der Waals surface area contributed by atoms with Crippen molar-refractivity contribution in [1.29, 1.82) is 5.26 Å². The molecule has 6 nitrogen and oxygen atoms in total. The van der Waals surface area contributed by atoms with Crippen molar-refractivity contribution >= 4 is 17.7 Å². The molecule has 7 heteroatoms. The highest BCUT2D eigenvalue weighted by Crippen LogP contribution is 2.21. The molecule has 0 aliphatic heterocycles. The molecule has 118 valence electrons. The molecule has 1 N–H and O–H groups in total. The van der Waals surface area contributed by atoms with Crippen LogP contribution in [0.2, 0.25) is 0 Å². The lowest BCUT2D eigenvalue weighted by atomic mass is 10.2. The molecule has 1 aromatic heterocycles. The normalized spacial score (nSPS) is 10.1. The molecule has 0 aliphatic carbocycles. The third kappa shape index (κ3) is 5.06. The van der Waals surface area contributed by atoms with Gasteiger partial charge in [0.15, 0.2) is 0 Å². The highest BCUT2D eigenvalue weighted by molar-refractivity contribution is 8.00. The molecule has 0 atom stereocenters. The predicted molar refractivity (Wildman–Crippen MR) is 86.3 cm³/mol. The van der Waals surface area contributed by atoms with Crippen LogP contribution in [0.4, 0.5) is 0 Å². The van der Waals surface area contributed by atoms with Crippen LogP contribution in [0.25, 0.3) is 0 Å². The van der Waals surface area contributed by atoms with Gasteiger partial charge in [0.1, 0.15) is 22.5 Å². The van der Waals surface area contributed by atoms with Crippen molar-refractivity contribution in [2.75, 3.05) is 5.75 Å². The Hall–Kier alpha value is -2.43. The number of nitrogens with zero attached hydrogens (tertiary/aromatic N) is 3. The summed E-state index contributed by atoms with van der Waals surface area (Å²) in [5.41, 5.74) is 4.36. The summed E-state index contributed by atoms with van der Waals surface area (Å²) < 4.78 is 0. The van der Waals surface area contributed by atoms with Crippen LogP contribution in [0.15, 0.2) is 35.4 Å². The Morgan fingerprint density at radius 2 is 2.04 bits per heavy atom. The van der Waals surface area contributed by atoms with E-state index in [0.717, 1.165) is 5.56 Å². The number of benzene rings is 1. The number of hydrogen-bond donors (Lipinski definition) is 1. The molecule has 0 saturated heterocycles. The molecule has 0 bridgehead atoms. The van der Waals surface area contributed by atoms with Crippen molar-refractivity contribution in [1.82, 2.24) is 15.4 Å². The fourth-order valence-corrected chi connectivity index (χ4v) is 2.71. The highest BCUT2D eigenvalue weighted by Gasteiger charge is 2.12. The zero-order chi connectivity index (χ0) is 16.7. The molecule has 0 fully saturated rings. The monoisotopic (exact) mass is 328 g/mol. The van der Waals surface area contributed by atoms with E-state index in [4.69, 9.17) is 10.1 Å². The molecule has 0 saturated carbocycles. The minimum atomic E-state index is -0.288. The van der Waals surface area contributed by atoms with Gasteiger partial charge in [0.2, 0.25) is 0 Å². The number of carbonyl (C=O) groups excluding carboxylic acids is 1. The molecule has 23 heavy (non-hydrogen) atoms. The molecular weight excluding hydrogens is 312 g/mol. The highest BCUT2D eigenvalue weighted by atomic mass is 32.2. The number of thioether (sulfide) groups is 1. The fraction of sp³-hybridized carbons (Fsp3) is 0.250. The zero-order valence-electron chi connectivity index (χ0n) is 12.9. The molecule has 1 aromatic carbocycles. The first-order valence-electron chi connectivity index (χ1n) is 6.93. The van der Waals surface area contributed by atoms with E-state index in [1.807, 2.05) is 30.3 Å². The van der Waals surface area contributed by atoms with E-state index in [9.17, 15) is 4.79 Å². The molecule has 0 spiro atoms. The van der Waals surface area contributed by atoms with Crippen LogP contribution in [0.1, 0.15) is 22.6 Å². The van der Waals surface area contributed by atoms with Gasteiger partial charge in [-0.15, -0.1) is 0 Å². The number of amides is 1. The average Bonchev–Trinajstić information content (AvgIpc) is 2.53. The summed E-state index contributed by atoms with van der Waals surface area (Å²) in [4.78, 5) is 25.3. The summed E-state index contributed by atoms with van der Waals surface area (Å²) in [6.45, 7) is 3.80. The quantitative estimate of drug-likeness (QED) is 0.497. The van der Waals surface area contributed by atoms with Crippen LogP contribution in [0.5, 0.6) is 0 Å². The number of aromatic nitrogens is 2. The van der Waals surface area contributed by atoms with Gasteiger partial charge in [-0.3, -0.25) is 9.63 Å². The topological polar surface area (TPSA) is 87.9 Å². The van der Waals surface area contributed by atoms with Crippen molar-refractivity contribution in [3.05, 3.63) is 53.0 Å². The summed E-state index contributed by atoms with van der Waals surface area (Å²) in [5, 5.41) is 9.66. The largest absolute Gasteiger partial charge is 0.272 e. The van der Waals surface area contributed by atoms with E-state index >= 15 is 0 Å². The van der Waals surface area contributed by atoms with Crippen LogP contribution in [-0.2, 0) is 16.2 Å². The first-order valence-corrected chi connectivity index (χ1v) is 7.91. The van der Waals surface area contributed by atoms with E-state index in [-0.39, 0.29) is 11.7 Å². The Bertz CT molecular complexity index is 729. The summed E-state index contributed by atoms with van der Waals surface area (Å²) in [6.07, 6.45) is 0.